The number of halogens is 2. The molecule has 1 atom stereocenters. The van der Waals surface area contributed by atoms with E-state index in [1.807, 2.05) is 18.2 Å². The molecule has 1 unspecified atom stereocenters. The Bertz CT molecular complexity index is 597. The maximum absolute atomic E-state index is 6.13. The lowest BCUT2D eigenvalue weighted by molar-refractivity contribution is 0.573. The molecule has 1 aliphatic rings. The summed E-state index contributed by atoms with van der Waals surface area (Å²) in [5, 5.41) is 1.73. The van der Waals surface area contributed by atoms with Crippen molar-refractivity contribution in [2.45, 2.75) is 25.3 Å². The van der Waals surface area contributed by atoms with Crippen LogP contribution in [0.3, 0.4) is 0 Å². The predicted molar refractivity (Wildman–Crippen MR) is 80.1 cm³/mol. The van der Waals surface area contributed by atoms with Gasteiger partial charge in [0.05, 0.1) is 10.7 Å². The highest BCUT2D eigenvalue weighted by Crippen LogP contribution is 2.38. The summed E-state index contributed by atoms with van der Waals surface area (Å²) in [5.74, 6) is 0. The molecule has 0 spiro atoms. The van der Waals surface area contributed by atoms with E-state index in [0.29, 0.717) is 5.02 Å². The molecule has 0 fully saturated rings. The largest absolute Gasteiger partial charge is 0.323 e. The van der Waals surface area contributed by atoms with Crippen LogP contribution in [0.4, 0.5) is 0 Å². The Morgan fingerprint density at radius 1 is 1.44 bits per heavy atom. The van der Waals surface area contributed by atoms with E-state index in [0.717, 1.165) is 34.3 Å². The van der Waals surface area contributed by atoms with Gasteiger partial charge >= 0.3 is 0 Å². The molecule has 1 aromatic carbocycles. The van der Waals surface area contributed by atoms with Crippen molar-refractivity contribution in [3.63, 3.8) is 0 Å². The van der Waals surface area contributed by atoms with Crippen molar-refractivity contribution in [1.82, 2.24) is 4.98 Å². The monoisotopic (exact) mass is 342 g/mol. The second kappa shape index (κ2) is 4.93. The SMILES string of the molecule is NC1CCCc2nc(-c3ccc(Br)c(Cl)c3)sc21. The summed E-state index contributed by atoms with van der Waals surface area (Å²) in [4.78, 5) is 5.95. The zero-order valence-electron chi connectivity index (χ0n) is 9.62. The minimum absolute atomic E-state index is 0.158. The molecule has 94 valence electrons. The molecular weight excluding hydrogens is 332 g/mol. The van der Waals surface area contributed by atoms with Crippen molar-refractivity contribution >= 4 is 38.9 Å². The summed E-state index contributed by atoms with van der Waals surface area (Å²) in [6, 6.07) is 6.09. The van der Waals surface area contributed by atoms with Gasteiger partial charge in [0.25, 0.3) is 0 Å². The molecule has 5 heteroatoms. The van der Waals surface area contributed by atoms with Crippen LogP contribution in [0.2, 0.25) is 5.02 Å². The van der Waals surface area contributed by atoms with Crippen LogP contribution in [0.25, 0.3) is 10.6 Å². The molecule has 0 bridgehead atoms. The smallest absolute Gasteiger partial charge is 0.123 e. The van der Waals surface area contributed by atoms with Crippen molar-refractivity contribution in [3.8, 4) is 10.6 Å². The maximum Gasteiger partial charge on any atom is 0.123 e. The number of nitrogens with zero attached hydrogens (tertiary/aromatic N) is 1. The number of benzene rings is 1. The molecule has 0 saturated heterocycles. The Labute approximate surface area is 123 Å². The van der Waals surface area contributed by atoms with Crippen molar-refractivity contribution in [3.05, 3.63) is 38.3 Å². The molecule has 1 aliphatic carbocycles. The molecule has 2 N–H and O–H groups in total. The van der Waals surface area contributed by atoms with Crippen LogP contribution in [0.1, 0.15) is 29.5 Å². The van der Waals surface area contributed by atoms with Gasteiger partial charge in [0, 0.05) is 21.0 Å². The van der Waals surface area contributed by atoms with Crippen molar-refractivity contribution in [1.29, 1.82) is 0 Å². The number of nitrogens with two attached hydrogens (primary N) is 1. The molecule has 2 nitrogen and oxygen atoms in total. The molecule has 1 heterocycles. The summed E-state index contributed by atoms with van der Waals surface area (Å²) in [5.41, 5.74) is 8.37. The van der Waals surface area contributed by atoms with Gasteiger partial charge in [0.2, 0.25) is 0 Å². The molecular formula is C13H12BrClN2S. The molecule has 3 rings (SSSR count). The van der Waals surface area contributed by atoms with Gasteiger partial charge in [-0.15, -0.1) is 11.3 Å². The lowest BCUT2D eigenvalue weighted by Crippen LogP contribution is -2.15. The lowest BCUT2D eigenvalue weighted by atomic mass is 9.99. The van der Waals surface area contributed by atoms with Gasteiger partial charge < -0.3 is 5.73 Å². The van der Waals surface area contributed by atoms with E-state index in [1.54, 1.807) is 11.3 Å². The van der Waals surface area contributed by atoms with Crippen LogP contribution in [0, 0.1) is 0 Å². The van der Waals surface area contributed by atoms with Gasteiger partial charge in [-0.25, -0.2) is 4.98 Å². The van der Waals surface area contributed by atoms with Crippen molar-refractivity contribution in [2.24, 2.45) is 5.73 Å². The molecule has 1 aromatic heterocycles. The van der Waals surface area contributed by atoms with Crippen LogP contribution in [0.15, 0.2) is 22.7 Å². The average molecular weight is 344 g/mol. The second-order valence-corrected chi connectivity index (χ2v) is 6.75. The van der Waals surface area contributed by atoms with E-state index in [-0.39, 0.29) is 6.04 Å². The zero-order valence-corrected chi connectivity index (χ0v) is 12.8. The minimum Gasteiger partial charge on any atom is -0.323 e. The number of aryl methyl sites for hydroxylation is 1. The van der Waals surface area contributed by atoms with Crippen LogP contribution < -0.4 is 5.73 Å². The molecule has 0 aliphatic heterocycles. The molecule has 0 radical (unpaired) electrons. The summed E-state index contributed by atoms with van der Waals surface area (Å²) in [6.07, 6.45) is 3.25. The maximum atomic E-state index is 6.13. The molecule has 2 aromatic rings. The number of aromatic nitrogens is 1. The first kappa shape index (κ1) is 12.6. The standard InChI is InChI=1S/C13H12BrClN2S/c14-8-5-4-7(6-9(8)15)13-17-11-3-1-2-10(16)12(11)18-13/h4-6,10H,1-3,16H2. The Hall–Kier alpha value is -0.420. The number of hydrogen-bond acceptors (Lipinski definition) is 3. The van der Waals surface area contributed by atoms with E-state index in [2.05, 4.69) is 15.9 Å². The van der Waals surface area contributed by atoms with E-state index < -0.39 is 0 Å². The first-order valence-corrected chi connectivity index (χ1v) is 7.84. The molecule has 0 saturated carbocycles. The summed E-state index contributed by atoms with van der Waals surface area (Å²) in [7, 11) is 0. The average Bonchev–Trinajstić information content (AvgIpc) is 2.78. The van der Waals surface area contributed by atoms with Crippen molar-refractivity contribution < 1.29 is 0 Å². The summed E-state index contributed by atoms with van der Waals surface area (Å²) in [6.45, 7) is 0. The van der Waals surface area contributed by atoms with Crippen LogP contribution >= 0.6 is 38.9 Å². The number of fused-ring (bicyclic) bond motifs is 1. The fourth-order valence-corrected chi connectivity index (χ4v) is 3.78. The van der Waals surface area contributed by atoms with E-state index in [1.165, 1.54) is 10.6 Å². The Morgan fingerprint density at radius 3 is 3.00 bits per heavy atom. The Morgan fingerprint density at radius 2 is 2.28 bits per heavy atom. The normalized spacial score (nSPS) is 18.7. The zero-order chi connectivity index (χ0) is 12.7. The van der Waals surface area contributed by atoms with E-state index >= 15 is 0 Å². The van der Waals surface area contributed by atoms with Crippen LogP contribution in [0.5, 0.6) is 0 Å². The van der Waals surface area contributed by atoms with Crippen LogP contribution in [-0.4, -0.2) is 4.98 Å². The van der Waals surface area contributed by atoms with Gasteiger partial charge in [-0.3, -0.25) is 0 Å². The van der Waals surface area contributed by atoms with Gasteiger partial charge in [0.1, 0.15) is 5.01 Å². The lowest BCUT2D eigenvalue weighted by Gasteiger charge is -2.15. The predicted octanol–water partition coefficient (Wildman–Crippen LogP) is 4.56. The highest BCUT2D eigenvalue weighted by atomic mass is 79.9. The van der Waals surface area contributed by atoms with Gasteiger partial charge in [-0.1, -0.05) is 17.7 Å². The van der Waals surface area contributed by atoms with Gasteiger partial charge in [-0.2, -0.15) is 0 Å². The highest BCUT2D eigenvalue weighted by Gasteiger charge is 2.22. The first-order chi connectivity index (χ1) is 8.65. The second-order valence-electron chi connectivity index (χ2n) is 4.46. The van der Waals surface area contributed by atoms with Gasteiger partial charge in [0.15, 0.2) is 0 Å². The fourth-order valence-electron chi connectivity index (χ4n) is 2.21. The minimum atomic E-state index is 0.158. The third-order valence-corrected chi connectivity index (χ3v) is 5.67. The quantitative estimate of drug-likeness (QED) is 0.824. The van der Waals surface area contributed by atoms with Gasteiger partial charge in [-0.05, 0) is 47.3 Å². The van der Waals surface area contributed by atoms with E-state index in [9.17, 15) is 0 Å². The third-order valence-electron chi connectivity index (χ3n) is 3.16. The Balaban J connectivity index is 2.04. The first-order valence-electron chi connectivity index (χ1n) is 5.86. The highest BCUT2D eigenvalue weighted by molar-refractivity contribution is 9.10. The summed E-state index contributed by atoms with van der Waals surface area (Å²) >= 11 is 11.2. The Kier molecular flexibility index (Phi) is 3.45. The van der Waals surface area contributed by atoms with E-state index in [4.69, 9.17) is 22.3 Å². The van der Waals surface area contributed by atoms with Crippen molar-refractivity contribution in [2.75, 3.05) is 0 Å². The third kappa shape index (κ3) is 2.23. The summed E-state index contributed by atoms with van der Waals surface area (Å²) < 4.78 is 0.908. The molecule has 18 heavy (non-hydrogen) atoms. The topological polar surface area (TPSA) is 38.9 Å². The number of rotatable bonds is 1. The van der Waals surface area contributed by atoms with Crippen LogP contribution in [-0.2, 0) is 6.42 Å². The fraction of sp³-hybridized carbons (Fsp3) is 0.308. The molecule has 0 amide bonds. The number of thiazole rings is 1. The number of hydrogen-bond donors (Lipinski definition) is 1.